The number of carbonyl (C=O) groups is 1. The van der Waals surface area contributed by atoms with Crippen molar-refractivity contribution in [3.8, 4) is 0 Å². The van der Waals surface area contributed by atoms with Crippen molar-refractivity contribution in [2.45, 2.75) is 20.8 Å². The van der Waals surface area contributed by atoms with Crippen LogP contribution in [0.25, 0.3) is 0 Å². The van der Waals surface area contributed by atoms with Crippen molar-refractivity contribution in [1.82, 2.24) is 0 Å². The van der Waals surface area contributed by atoms with Crippen LogP contribution in [0.1, 0.15) is 29.8 Å². The maximum Gasteiger partial charge on any atom is 0.337 e. The summed E-state index contributed by atoms with van der Waals surface area (Å²) in [5.74, 6) is -0.430. The van der Waals surface area contributed by atoms with E-state index in [1.807, 2.05) is 19.1 Å². The van der Waals surface area contributed by atoms with Crippen LogP contribution in [-0.2, 0) is 4.74 Å². The maximum atomic E-state index is 11.3. The van der Waals surface area contributed by atoms with Crippen LogP contribution < -0.4 is 4.90 Å². The molecule has 1 aromatic carbocycles. The second-order valence-electron chi connectivity index (χ2n) is 5.16. The summed E-state index contributed by atoms with van der Waals surface area (Å²) >= 11 is 0. The second-order valence-corrected chi connectivity index (χ2v) is 5.16. The van der Waals surface area contributed by atoms with Gasteiger partial charge in [-0.25, -0.2) is 4.79 Å². The van der Waals surface area contributed by atoms with Crippen LogP contribution in [0.5, 0.6) is 0 Å². The molecule has 0 unspecified atom stereocenters. The number of carboxylic acids is 1. The molecular formula is C15H23NO3. The SMILES string of the molecule is COCCN(CC(C)C)c1cc(C)ccc1C(=O)O. The smallest absolute Gasteiger partial charge is 0.337 e. The molecule has 0 radical (unpaired) electrons. The third kappa shape index (κ3) is 4.56. The highest BCUT2D eigenvalue weighted by atomic mass is 16.5. The molecule has 0 aliphatic carbocycles. The Hall–Kier alpha value is -1.55. The molecule has 0 saturated carbocycles. The van der Waals surface area contributed by atoms with Gasteiger partial charge in [-0.1, -0.05) is 19.9 Å². The molecule has 1 rings (SSSR count). The minimum atomic E-state index is -0.888. The first-order valence-corrected chi connectivity index (χ1v) is 6.53. The van der Waals surface area contributed by atoms with Crippen LogP contribution in [0.3, 0.4) is 0 Å². The summed E-state index contributed by atoms with van der Waals surface area (Å²) in [5, 5.41) is 9.31. The number of rotatable bonds is 7. The molecule has 106 valence electrons. The van der Waals surface area contributed by atoms with Gasteiger partial charge in [-0.15, -0.1) is 0 Å². The minimum Gasteiger partial charge on any atom is -0.478 e. The molecule has 0 fully saturated rings. The van der Waals surface area contributed by atoms with Crippen molar-refractivity contribution in [2.75, 3.05) is 31.7 Å². The predicted octanol–water partition coefficient (Wildman–Crippen LogP) is 2.80. The van der Waals surface area contributed by atoms with Gasteiger partial charge in [0.2, 0.25) is 0 Å². The van der Waals surface area contributed by atoms with E-state index in [-0.39, 0.29) is 0 Å². The zero-order valence-electron chi connectivity index (χ0n) is 12.1. The third-order valence-electron chi connectivity index (χ3n) is 2.88. The Bertz CT molecular complexity index is 429. The molecule has 0 aliphatic heterocycles. The van der Waals surface area contributed by atoms with Gasteiger partial charge in [0.25, 0.3) is 0 Å². The van der Waals surface area contributed by atoms with Crippen molar-refractivity contribution in [2.24, 2.45) is 5.92 Å². The van der Waals surface area contributed by atoms with E-state index in [1.165, 1.54) is 0 Å². The van der Waals surface area contributed by atoms with Gasteiger partial charge in [0.15, 0.2) is 0 Å². The Morgan fingerprint density at radius 2 is 2.11 bits per heavy atom. The molecule has 0 amide bonds. The van der Waals surface area contributed by atoms with Crippen LogP contribution in [-0.4, -0.2) is 37.9 Å². The Kier molecular flexibility index (Phi) is 5.83. The lowest BCUT2D eigenvalue weighted by atomic mass is 10.1. The largest absolute Gasteiger partial charge is 0.478 e. The first-order chi connectivity index (χ1) is 8.95. The number of benzene rings is 1. The van der Waals surface area contributed by atoms with Crippen LogP contribution in [0.4, 0.5) is 5.69 Å². The molecule has 4 nitrogen and oxygen atoms in total. The molecule has 0 atom stereocenters. The van der Waals surface area contributed by atoms with Gasteiger partial charge in [0.1, 0.15) is 0 Å². The topological polar surface area (TPSA) is 49.8 Å². The highest BCUT2D eigenvalue weighted by Gasteiger charge is 2.17. The number of hydrogen-bond acceptors (Lipinski definition) is 3. The summed E-state index contributed by atoms with van der Waals surface area (Å²) in [6.45, 7) is 8.30. The van der Waals surface area contributed by atoms with E-state index in [2.05, 4.69) is 18.7 Å². The number of aromatic carboxylic acids is 1. The lowest BCUT2D eigenvalue weighted by Gasteiger charge is -2.28. The van der Waals surface area contributed by atoms with Crippen LogP contribution in [0.15, 0.2) is 18.2 Å². The summed E-state index contributed by atoms with van der Waals surface area (Å²) in [4.78, 5) is 13.4. The molecule has 0 aromatic heterocycles. The fraction of sp³-hybridized carbons (Fsp3) is 0.533. The summed E-state index contributed by atoms with van der Waals surface area (Å²) in [6.07, 6.45) is 0. The normalized spacial score (nSPS) is 10.8. The zero-order valence-corrected chi connectivity index (χ0v) is 12.1. The fourth-order valence-electron chi connectivity index (χ4n) is 2.04. The Morgan fingerprint density at radius 3 is 2.63 bits per heavy atom. The van der Waals surface area contributed by atoms with Gasteiger partial charge in [0.05, 0.1) is 17.9 Å². The van der Waals surface area contributed by atoms with Crippen molar-refractivity contribution in [3.63, 3.8) is 0 Å². The van der Waals surface area contributed by atoms with E-state index < -0.39 is 5.97 Å². The predicted molar refractivity (Wildman–Crippen MR) is 77.1 cm³/mol. The van der Waals surface area contributed by atoms with E-state index in [1.54, 1.807) is 13.2 Å². The van der Waals surface area contributed by atoms with E-state index in [0.29, 0.717) is 24.6 Å². The average Bonchev–Trinajstić information content (AvgIpc) is 2.33. The average molecular weight is 265 g/mol. The number of nitrogens with zero attached hydrogens (tertiary/aromatic N) is 1. The Morgan fingerprint density at radius 1 is 1.42 bits per heavy atom. The maximum absolute atomic E-state index is 11.3. The van der Waals surface area contributed by atoms with E-state index >= 15 is 0 Å². The van der Waals surface area contributed by atoms with Crippen molar-refractivity contribution >= 4 is 11.7 Å². The van der Waals surface area contributed by atoms with Crippen molar-refractivity contribution in [1.29, 1.82) is 0 Å². The van der Waals surface area contributed by atoms with Gasteiger partial charge in [0, 0.05) is 20.2 Å². The minimum absolute atomic E-state index is 0.349. The number of hydrogen-bond donors (Lipinski definition) is 1. The standard InChI is InChI=1S/C15H23NO3/c1-11(2)10-16(7-8-19-4)14-9-12(3)5-6-13(14)15(17)18/h5-6,9,11H,7-8,10H2,1-4H3,(H,17,18). The number of aryl methyl sites for hydroxylation is 1. The quantitative estimate of drug-likeness (QED) is 0.823. The summed E-state index contributed by atoms with van der Waals surface area (Å²) in [6, 6.07) is 5.44. The van der Waals surface area contributed by atoms with Gasteiger partial charge >= 0.3 is 5.97 Å². The summed E-state index contributed by atoms with van der Waals surface area (Å²) in [7, 11) is 1.65. The summed E-state index contributed by atoms with van der Waals surface area (Å²) in [5.41, 5.74) is 2.19. The Labute approximate surface area is 115 Å². The number of carboxylic acid groups (broad SMARTS) is 1. The molecule has 0 aliphatic rings. The Balaban J connectivity index is 3.11. The fourth-order valence-corrected chi connectivity index (χ4v) is 2.04. The van der Waals surface area contributed by atoms with Gasteiger partial charge < -0.3 is 14.7 Å². The zero-order chi connectivity index (χ0) is 14.4. The number of ether oxygens (including phenoxy) is 1. The highest BCUT2D eigenvalue weighted by molar-refractivity contribution is 5.94. The molecule has 19 heavy (non-hydrogen) atoms. The summed E-state index contributed by atoms with van der Waals surface area (Å²) < 4.78 is 5.12. The van der Waals surface area contributed by atoms with E-state index in [0.717, 1.165) is 17.8 Å². The molecule has 0 heterocycles. The third-order valence-corrected chi connectivity index (χ3v) is 2.88. The molecule has 0 saturated heterocycles. The lowest BCUT2D eigenvalue weighted by Crippen LogP contribution is -2.32. The molecule has 0 bridgehead atoms. The van der Waals surface area contributed by atoms with E-state index in [4.69, 9.17) is 4.74 Å². The van der Waals surface area contributed by atoms with Crippen molar-refractivity contribution in [3.05, 3.63) is 29.3 Å². The lowest BCUT2D eigenvalue weighted by molar-refractivity contribution is 0.0697. The van der Waals surface area contributed by atoms with Gasteiger partial charge in [-0.05, 0) is 30.5 Å². The molecule has 0 spiro atoms. The van der Waals surface area contributed by atoms with Crippen molar-refractivity contribution < 1.29 is 14.6 Å². The van der Waals surface area contributed by atoms with Gasteiger partial charge in [-0.2, -0.15) is 0 Å². The van der Waals surface area contributed by atoms with Crippen LogP contribution in [0, 0.1) is 12.8 Å². The molecule has 4 heteroatoms. The van der Waals surface area contributed by atoms with Crippen LogP contribution in [0.2, 0.25) is 0 Å². The molecule has 1 aromatic rings. The first-order valence-electron chi connectivity index (χ1n) is 6.53. The number of methoxy groups -OCH3 is 1. The van der Waals surface area contributed by atoms with Crippen LogP contribution >= 0.6 is 0 Å². The molecular weight excluding hydrogens is 242 g/mol. The van der Waals surface area contributed by atoms with Gasteiger partial charge in [-0.3, -0.25) is 0 Å². The second kappa shape index (κ2) is 7.14. The number of anilines is 1. The monoisotopic (exact) mass is 265 g/mol. The van der Waals surface area contributed by atoms with E-state index in [9.17, 15) is 9.90 Å². The highest BCUT2D eigenvalue weighted by Crippen LogP contribution is 2.23. The molecule has 1 N–H and O–H groups in total. The first kappa shape index (κ1) is 15.5.